The van der Waals surface area contributed by atoms with E-state index in [-0.39, 0.29) is 30.6 Å². The van der Waals surface area contributed by atoms with Crippen LogP contribution in [0.2, 0.25) is 0 Å². The highest BCUT2D eigenvalue weighted by Gasteiger charge is 2.37. The molecule has 7 nitrogen and oxygen atoms in total. The molecule has 0 aliphatic carbocycles. The van der Waals surface area contributed by atoms with Gasteiger partial charge in [-0.2, -0.15) is 0 Å². The quantitative estimate of drug-likeness (QED) is 0.852. The summed E-state index contributed by atoms with van der Waals surface area (Å²) < 4.78 is 10.9. The zero-order chi connectivity index (χ0) is 14.7. The van der Waals surface area contributed by atoms with Gasteiger partial charge in [-0.15, -0.1) is 10.2 Å². The van der Waals surface area contributed by atoms with Crippen molar-refractivity contribution in [2.75, 3.05) is 13.1 Å². The maximum atomic E-state index is 12.2. The van der Waals surface area contributed by atoms with E-state index in [1.807, 2.05) is 20.8 Å². The minimum atomic E-state index is -0.681. The van der Waals surface area contributed by atoms with E-state index in [4.69, 9.17) is 9.15 Å². The van der Waals surface area contributed by atoms with Crippen LogP contribution in [0.4, 0.5) is 0 Å². The fourth-order valence-electron chi connectivity index (χ4n) is 2.20. The molecule has 2 heterocycles. The lowest BCUT2D eigenvalue weighted by atomic mass is 10.2. The van der Waals surface area contributed by atoms with Gasteiger partial charge >= 0.3 is 11.8 Å². The number of likely N-dealkylation sites (tertiary alicyclic amines) is 1. The van der Waals surface area contributed by atoms with Crippen LogP contribution in [0.3, 0.4) is 0 Å². The first kappa shape index (κ1) is 14.9. The van der Waals surface area contributed by atoms with Crippen LogP contribution in [0.5, 0.6) is 0 Å². The first-order chi connectivity index (χ1) is 9.51. The van der Waals surface area contributed by atoms with Gasteiger partial charge in [0.05, 0.1) is 18.8 Å². The number of β-amino-alcohol motifs (C(OH)–C–C–N with tert-alkyl or cyclic N) is 1. The van der Waals surface area contributed by atoms with Crippen molar-refractivity contribution in [1.82, 2.24) is 15.1 Å². The summed E-state index contributed by atoms with van der Waals surface area (Å²) in [5.41, 5.74) is 0. The Morgan fingerprint density at radius 2 is 2.25 bits per heavy atom. The number of amides is 1. The molecule has 20 heavy (non-hydrogen) atoms. The molecule has 112 valence electrons. The SMILES string of the molecule is CCCc1nnc(C(=O)N2C[C@@H](O)[C@H](OC(C)C)C2)o1. The molecule has 0 saturated carbocycles. The van der Waals surface area contributed by atoms with E-state index in [1.165, 1.54) is 4.90 Å². The van der Waals surface area contributed by atoms with Gasteiger partial charge in [-0.25, -0.2) is 0 Å². The molecule has 1 aliphatic heterocycles. The van der Waals surface area contributed by atoms with Gasteiger partial charge in [0.1, 0.15) is 6.10 Å². The van der Waals surface area contributed by atoms with Crippen molar-refractivity contribution in [2.24, 2.45) is 0 Å². The molecule has 0 bridgehead atoms. The number of nitrogens with zero attached hydrogens (tertiary/aromatic N) is 3. The van der Waals surface area contributed by atoms with Crippen molar-refractivity contribution in [3.8, 4) is 0 Å². The van der Waals surface area contributed by atoms with Crippen LogP contribution in [0, 0.1) is 0 Å². The Kier molecular flexibility index (Phi) is 4.72. The predicted octanol–water partition coefficient (Wildman–Crippen LogP) is 0.632. The second kappa shape index (κ2) is 6.32. The van der Waals surface area contributed by atoms with Gasteiger partial charge in [0.15, 0.2) is 0 Å². The average molecular weight is 283 g/mol. The Labute approximate surface area is 117 Å². The largest absolute Gasteiger partial charge is 0.417 e. The smallest absolute Gasteiger partial charge is 0.311 e. The van der Waals surface area contributed by atoms with Gasteiger partial charge in [0.2, 0.25) is 5.89 Å². The number of carbonyl (C=O) groups excluding carboxylic acids is 1. The first-order valence-electron chi connectivity index (χ1n) is 6.96. The van der Waals surface area contributed by atoms with E-state index in [0.29, 0.717) is 18.9 Å². The van der Waals surface area contributed by atoms with Gasteiger partial charge in [0, 0.05) is 13.0 Å². The Morgan fingerprint density at radius 3 is 2.90 bits per heavy atom. The van der Waals surface area contributed by atoms with Crippen molar-refractivity contribution in [2.45, 2.75) is 51.9 Å². The zero-order valence-electron chi connectivity index (χ0n) is 12.1. The number of carbonyl (C=O) groups is 1. The monoisotopic (exact) mass is 283 g/mol. The highest BCUT2D eigenvalue weighted by molar-refractivity contribution is 5.89. The van der Waals surface area contributed by atoms with Gasteiger partial charge in [-0.1, -0.05) is 6.92 Å². The van der Waals surface area contributed by atoms with E-state index in [2.05, 4.69) is 10.2 Å². The Bertz CT molecular complexity index is 460. The summed E-state index contributed by atoms with van der Waals surface area (Å²) >= 11 is 0. The third-order valence-corrected chi connectivity index (χ3v) is 3.08. The van der Waals surface area contributed by atoms with Crippen molar-refractivity contribution >= 4 is 5.91 Å². The summed E-state index contributed by atoms with van der Waals surface area (Å²) in [5.74, 6) is 0.0881. The molecule has 1 aromatic heterocycles. The number of rotatable bonds is 5. The average Bonchev–Trinajstić information content (AvgIpc) is 2.97. The molecule has 0 unspecified atom stereocenters. The summed E-state index contributed by atoms with van der Waals surface area (Å²) in [6, 6.07) is 0. The lowest BCUT2D eigenvalue weighted by molar-refractivity contribution is -0.0394. The molecule has 1 amide bonds. The van der Waals surface area contributed by atoms with E-state index < -0.39 is 6.10 Å². The minimum Gasteiger partial charge on any atom is -0.417 e. The van der Waals surface area contributed by atoms with E-state index in [9.17, 15) is 9.90 Å². The minimum absolute atomic E-state index is 0.00395. The van der Waals surface area contributed by atoms with Crippen molar-refractivity contribution < 1.29 is 19.1 Å². The van der Waals surface area contributed by atoms with Crippen LogP contribution in [-0.4, -0.2) is 57.5 Å². The number of aliphatic hydroxyl groups is 1. The van der Waals surface area contributed by atoms with Gasteiger partial charge in [-0.3, -0.25) is 4.79 Å². The molecule has 1 fully saturated rings. The second-order valence-electron chi connectivity index (χ2n) is 5.25. The van der Waals surface area contributed by atoms with Gasteiger partial charge < -0.3 is 19.2 Å². The number of hydrogen-bond donors (Lipinski definition) is 1. The molecule has 0 radical (unpaired) electrons. The third-order valence-electron chi connectivity index (χ3n) is 3.08. The van der Waals surface area contributed by atoms with Crippen LogP contribution >= 0.6 is 0 Å². The summed E-state index contributed by atoms with van der Waals surface area (Å²) in [5, 5.41) is 17.5. The Balaban J connectivity index is 1.99. The van der Waals surface area contributed by atoms with Crippen LogP contribution in [0.1, 0.15) is 43.8 Å². The zero-order valence-corrected chi connectivity index (χ0v) is 12.1. The summed E-state index contributed by atoms with van der Waals surface area (Å²) in [7, 11) is 0. The molecular formula is C13H21N3O4. The van der Waals surface area contributed by atoms with E-state index >= 15 is 0 Å². The Morgan fingerprint density at radius 1 is 1.50 bits per heavy atom. The Hall–Kier alpha value is -1.47. The molecule has 2 atom stereocenters. The second-order valence-corrected chi connectivity index (χ2v) is 5.25. The van der Waals surface area contributed by atoms with Crippen LogP contribution in [-0.2, 0) is 11.2 Å². The van der Waals surface area contributed by atoms with Gasteiger partial charge in [0.25, 0.3) is 0 Å². The lowest BCUT2D eigenvalue weighted by Gasteiger charge is -2.17. The predicted molar refractivity (Wildman–Crippen MR) is 70.2 cm³/mol. The highest BCUT2D eigenvalue weighted by atomic mass is 16.5. The van der Waals surface area contributed by atoms with Crippen molar-refractivity contribution in [3.05, 3.63) is 11.8 Å². The summed E-state index contributed by atoms with van der Waals surface area (Å²) in [6.07, 6.45) is 0.491. The van der Waals surface area contributed by atoms with E-state index in [0.717, 1.165) is 6.42 Å². The van der Waals surface area contributed by atoms with Gasteiger partial charge in [-0.05, 0) is 20.3 Å². The fourth-order valence-corrected chi connectivity index (χ4v) is 2.20. The number of aromatic nitrogens is 2. The molecule has 0 spiro atoms. The molecule has 2 rings (SSSR count). The number of aryl methyl sites for hydroxylation is 1. The molecule has 1 aliphatic rings. The van der Waals surface area contributed by atoms with Crippen LogP contribution < -0.4 is 0 Å². The van der Waals surface area contributed by atoms with Crippen LogP contribution in [0.25, 0.3) is 0 Å². The maximum absolute atomic E-state index is 12.2. The fraction of sp³-hybridized carbons (Fsp3) is 0.769. The van der Waals surface area contributed by atoms with Crippen molar-refractivity contribution in [3.63, 3.8) is 0 Å². The molecular weight excluding hydrogens is 262 g/mol. The first-order valence-corrected chi connectivity index (χ1v) is 6.96. The highest BCUT2D eigenvalue weighted by Crippen LogP contribution is 2.18. The number of aliphatic hydroxyl groups excluding tert-OH is 1. The number of hydrogen-bond acceptors (Lipinski definition) is 6. The van der Waals surface area contributed by atoms with Crippen molar-refractivity contribution in [1.29, 1.82) is 0 Å². The summed E-state index contributed by atoms with van der Waals surface area (Å²) in [4.78, 5) is 13.7. The normalized spacial score (nSPS) is 22.8. The topological polar surface area (TPSA) is 88.7 Å². The van der Waals surface area contributed by atoms with E-state index in [1.54, 1.807) is 0 Å². The standard InChI is InChI=1S/C13H21N3O4/c1-4-5-11-14-15-12(20-11)13(18)16-6-9(17)10(7-16)19-8(2)3/h8-10,17H,4-7H2,1-3H3/t9-,10-/m1/s1. The lowest BCUT2D eigenvalue weighted by Crippen LogP contribution is -2.31. The number of ether oxygens (including phenoxy) is 1. The molecule has 0 aromatic carbocycles. The summed E-state index contributed by atoms with van der Waals surface area (Å²) in [6.45, 7) is 6.35. The van der Waals surface area contributed by atoms with Crippen LogP contribution in [0.15, 0.2) is 4.42 Å². The molecule has 1 saturated heterocycles. The third kappa shape index (κ3) is 3.34. The maximum Gasteiger partial charge on any atom is 0.311 e. The molecule has 1 N–H and O–H groups in total. The molecule has 1 aromatic rings. The molecule has 7 heteroatoms.